The SMILES string of the molecule is COC(=O)N[C@@H]1CC[C@@H](n2c(=O)n(C)c3cnc(Nc4cccc(OC5CCC(C#N)CC5)n4)cc32)C1. The van der Waals surface area contributed by atoms with Crippen molar-refractivity contribution in [3.63, 3.8) is 0 Å². The maximum absolute atomic E-state index is 13.1. The van der Waals surface area contributed by atoms with E-state index in [-0.39, 0.29) is 29.8 Å². The predicted molar refractivity (Wildman–Crippen MR) is 137 cm³/mol. The monoisotopic (exact) mass is 505 g/mol. The smallest absolute Gasteiger partial charge is 0.407 e. The molecule has 0 spiro atoms. The zero-order valence-corrected chi connectivity index (χ0v) is 21.0. The van der Waals surface area contributed by atoms with Crippen LogP contribution in [0.15, 0.2) is 35.3 Å². The Hall–Kier alpha value is -4.07. The van der Waals surface area contributed by atoms with E-state index in [2.05, 4.69) is 26.7 Å². The van der Waals surface area contributed by atoms with Gasteiger partial charge in [-0.05, 0) is 51.0 Å². The molecule has 2 aliphatic carbocycles. The lowest BCUT2D eigenvalue weighted by Gasteiger charge is -2.25. The lowest BCUT2D eigenvalue weighted by molar-refractivity contribution is 0.137. The molecule has 0 saturated heterocycles. The molecule has 0 radical (unpaired) electrons. The van der Waals surface area contributed by atoms with Gasteiger partial charge in [0.15, 0.2) is 0 Å². The number of ether oxygens (including phenoxy) is 2. The van der Waals surface area contributed by atoms with Crippen LogP contribution >= 0.6 is 0 Å². The van der Waals surface area contributed by atoms with Crippen molar-refractivity contribution in [1.29, 1.82) is 5.26 Å². The molecular formula is C26H31N7O4. The topological polar surface area (TPSA) is 136 Å². The number of nitrogens with one attached hydrogen (secondary N) is 2. The molecule has 3 aromatic rings. The van der Waals surface area contributed by atoms with Gasteiger partial charge in [0, 0.05) is 37.2 Å². The summed E-state index contributed by atoms with van der Waals surface area (Å²) in [6, 6.07) is 9.65. The first kappa shape index (κ1) is 24.6. The molecule has 3 heterocycles. The molecule has 0 aliphatic heterocycles. The van der Waals surface area contributed by atoms with Crippen LogP contribution in [0.3, 0.4) is 0 Å². The third-order valence-corrected chi connectivity index (χ3v) is 7.38. The highest BCUT2D eigenvalue weighted by molar-refractivity contribution is 5.79. The number of aromatic nitrogens is 4. The number of fused-ring (bicyclic) bond motifs is 1. The number of hydrogen-bond donors (Lipinski definition) is 2. The van der Waals surface area contributed by atoms with Crippen LogP contribution in [0.1, 0.15) is 51.0 Å². The molecule has 11 heteroatoms. The Morgan fingerprint density at radius 1 is 1.14 bits per heavy atom. The lowest BCUT2D eigenvalue weighted by Crippen LogP contribution is -2.33. The third-order valence-electron chi connectivity index (χ3n) is 7.38. The number of nitrogens with zero attached hydrogens (tertiary/aromatic N) is 5. The van der Waals surface area contributed by atoms with E-state index in [9.17, 15) is 9.59 Å². The Labute approximate surface area is 214 Å². The second-order valence-corrected chi connectivity index (χ2v) is 9.78. The summed E-state index contributed by atoms with van der Waals surface area (Å²) in [6.45, 7) is 0. The minimum absolute atomic E-state index is 0.0408. The summed E-state index contributed by atoms with van der Waals surface area (Å²) in [5.41, 5.74) is 1.39. The van der Waals surface area contributed by atoms with E-state index in [4.69, 9.17) is 14.7 Å². The van der Waals surface area contributed by atoms with Crippen LogP contribution in [0.2, 0.25) is 0 Å². The normalized spacial score (nSPS) is 23.4. The Morgan fingerprint density at radius 2 is 1.95 bits per heavy atom. The number of nitriles is 1. The van der Waals surface area contributed by atoms with Crippen LogP contribution in [0.4, 0.5) is 16.4 Å². The van der Waals surface area contributed by atoms with Gasteiger partial charge in [-0.3, -0.25) is 9.13 Å². The number of aryl methyl sites for hydroxylation is 1. The zero-order valence-electron chi connectivity index (χ0n) is 21.0. The molecular weight excluding hydrogens is 474 g/mol. The van der Waals surface area contributed by atoms with Gasteiger partial charge in [0.25, 0.3) is 0 Å². The van der Waals surface area contributed by atoms with Gasteiger partial charge in [-0.2, -0.15) is 10.2 Å². The van der Waals surface area contributed by atoms with Gasteiger partial charge in [-0.15, -0.1) is 0 Å². The number of methoxy groups -OCH3 is 1. The fourth-order valence-corrected chi connectivity index (χ4v) is 5.39. The predicted octanol–water partition coefficient (Wildman–Crippen LogP) is 3.78. The van der Waals surface area contributed by atoms with Crippen LogP contribution in [-0.4, -0.2) is 44.5 Å². The third kappa shape index (κ3) is 5.23. The Kier molecular flexibility index (Phi) is 6.99. The van der Waals surface area contributed by atoms with Gasteiger partial charge in [-0.1, -0.05) is 6.07 Å². The molecule has 2 aliphatic rings. The summed E-state index contributed by atoms with van der Waals surface area (Å²) in [5.74, 6) is 1.80. The first-order valence-electron chi connectivity index (χ1n) is 12.7. The minimum Gasteiger partial charge on any atom is -0.474 e. The summed E-state index contributed by atoms with van der Waals surface area (Å²) in [6.07, 6.45) is 6.87. The molecule has 0 aromatic carbocycles. The number of carbonyl (C=O) groups is 1. The average molecular weight is 506 g/mol. The highest BCUT2D eigenvalue weighted by atomic mass is 16.5. The fraction of sp³-hybridized carbons (Fsp3) is 0.500. The number of anilines is 2. The van der Waals surface area contributed by atoms with Crippen molar-refractivity contribution in [2.45, 2.75) is 63.1 Å². The molecule has 194 valence electrons. The van der Waals surface area contributed by atoms with E-state index in [1.54, 1.807) is 22.4 Å². The lowest BCUT2D eigenvalue weighted by atomic mass is 9.88. The van der Waals surface area contributed by atoms with E-state index < -0.39 is 6.09 Å². The number of pyridine rings is 2. The second kappa shape index (κ2) is 10.5. The highest BCUT2D eigenvalue weighted by Crippen LogP contribution is 2.32. The number of hydrogen-bond acceptors (Lipinski definition) is 8. The first-order valence-corrected chi connectivity index (χ1v) is 12.7. The molecule has 1 amide bonds. The van der Waals surface area contributed by atoms with Crippen molar-refractivity contribution in [3.8, 4) is 11.9 Å². The van der Waals surface area contributed by atoms with Gasteiger partial charge in [0.2, 0.25) is 5.88 Å². The van der Waals surface area contributed by atoms with Gasteiger partial charge in [0.1, 0.15) is 17.7 Å². The highest BCUT2D eigenvalue weighted by Gasteiger charge is 2.30. The van der Waals surface area contributed by atoms with Gasteiger partial charge in [0.05, 0.1) is 30.4 Å². The average Bonchev–Trinajstić information content (AvgIpc) is 3.46. The number of rotatable bonds is 6. The van der Waals surface area contributed by atoms with Crippen molar-refractivity contribution in [2.24, 2.45) is 13.0 Å². The number of imidazole rings is 1. The molecule has 37 heavy (non-hydrogen) atoms. The molecule has 5 rings (SSSR count). The molecule has 2 saturated carbocycles. The molecule has 2 fully saturated rings. The summed E-state index contributed by atoms with van der Waals surface area (Å²) >= 11 is 0. The molecule has 0 bridgehead atoms. The summed E-state index contributed by atoms with van der Waals surface area (Å²) in [4.78, 5) is 33.8. The first-order chi connectivity index (χ1) is 17.9. The fourth-order valence-electron chi connectivity index (χ4n) is 5.39. The van der Waals surface area contributed by atoms with Gasteiger partial charge in [-0.25, -0.2) is 14.6 Å². The van der Waals surface area contributed by atoms with Crippen LogP contribution in [-0.2, 0) is 11.8 Å². The van der Waals surface area contributed by atoms with Crippen LogP contribution in [0, 0.1) is 17.2 Å². The quantitative estimate of drug-likeness (QED) is 0.516. The summed E-state index contributed by atoms with van der Waals surface area (Å²) < 4.78 is 14.2. The van der Waals surface area contributed by atoms with Crippen molar-refractivity contribution in [1.82, 2.24) is 24.4 Å². The van der Waals surface area contributed by atoms with Crippen molar-refractivity contribution < 1.29 is 14.3 Å². The second-order valence-electron chi connectivity index (χ2n) is 9.78. The molecule has 2 N–H and O–H groups in total. The van der Waals surface area contributed by atoms with Crippen molar-refractivity contribution in [2.75, 3.05) is 12.4 Å². The molecule has 3 aromatic heterocycles. The maximum atomic E-state index is 13.1. The molecule has 2 atom stereocenters. The number of carbonyl (C=O) groups excluding carboxylic acids is 1. The molecule has 11 nitrogen and oxygen atoms in total. The maximum Gasteiger partial charge on any atom is 0.407 e. The van der Waals surface area contributed by atoms with Crippen molar-refractivity contribution >= 4 is 28.8 Å². The number of amides is 1. The van der Waals surface area contributed by atoms with E-state index >= 15 is 0 Å². The number of alkyl carbamates (subject to hydrolysis) is 1. The Balaban J connectivity index is 1.33. The van der Waals surface area contributed by atoms with Crippen LogP contribution in [0.25, 0.3) is 11.0 Å². The molecule has 0 unspecified atom stereocenters. The van der Waals surface area contributed by atoms with E-state index in [1.165, 1.54) is 7.11 Å². The van der Waals surface area contributed by atoms with Crippen molar-refractivity contribution in [3.05, 3.63) is 40.9 Å². The van der Waals surface area contributed by atoms with E-state index in [0.29, 0.717) is 23.9 Å². The zero-order chi connectivity index (χ0) is 25.9. The Bertz CT molecular complexity index is 1380. The van der Waals surface area contributed by atoms with Crippen LogP contribution in [0.5, 0.6) is 5.88 Å². The van der Waals surface area contributed by atoms with E-state index in [1.807, 2.05) is 24.3 Å². The van der Waals surface area contributed by atoms with Gasteiger partial charge < -0.3 is 20.1 Å². The largest absolute Gasteiger partial charge is 0.474 e. The van der Waals surface area contributed by atoms with Crippen LogP contribution < -0.4 is 21.1 Å². The standard InChI is InChI=1S/C26H31N7O4/c1-32-21-15-28-23(13-20(21)33(26(32)35)18-9-8-17(12-18)29-25(34)36-2)30-22-4-3-5-24(31-22)37-19-10-6-16(14-27)7-11-19/h3-5,13,15-19H,6-12H2,1-2H3,(H,29,34)(H,28,30,31)/t16?,17-,18-,19?/m1/s1. The van der Waals surface area contributed by atoms with Gasteiger partial charge >= 0.3 is 11.8 Å². The summed E-state index contributed by atoms with van der Waals surface area (Å²) in [5, 5.41) is 15.2. The minimum atomic E-state index is -0.458. The Morgan fingerprint density at radius 3 is 2.70 bits per heavy atom. The summed E-state index contributed by atoms with van der Waals surface area (Å²) in [7, 11) is 3.08. The van der Waals surface area contributed by atoms with E-state index in [0.717, 1.165) is 49.6 Å².